The fourth-order valence-electron chi connectivity index (χ4n) is 4.06. The van der Waals surface area contributed by atoms with E-state index in [4.69, 9.17) is 4.74 Å². The van der Waals surface area contributed by atoms with E-state index in [1.165, 1.54) is 0 Å². The molecule has 38 heavy (non-hydrogen) atoms. The molecule has 2 rings (SSSR count). The van der Waals surface area contributed by atoms with Gasteiger partial charge in [0.25, 0.3) is 0 Å². The number of unbranched alkanes of at least 4 members (excludes halogenated alkanes) is 2. The van der Waals surface area contributed by atoms with Crippen LogP contribution in [0.3, 0.4) is 0 Å². The van der Waals surface area contributed by atoms with E-state index in [1.54, 1.807) is 6.08 Å². The van der Waals surface area contributed by atoms with Crippen LogP contribution in [0, 0.1) is 5.92 Å². The van der Waals surface area contributed by atoms with Crippen LogP contribution in [-0.4, -0.2) is 42.1 Å². The number of hydrogen-bond acceptors (Lipinski definition) is 5. The molecular formula is C31H40N2O5. The van der Waals surface area contributed by atoms with Gasteiger partial charge in [0.05, 0.1) is 25.1 Å². The minimum Gasteiger partial charge on any atom is -0.456 e. The van der Waals surface area contributed by atoms with Gasteiger partial charge in [-0.25, -0.2) is 0 Å². The van der Waals surface area contributed by atoms with Gasteiger partial charge in [0.1, 0.15) is 6.10 Å². The van der Waals surface area contributed by atoms with Gasteiger partial charge in [0.15, 0.2) is 0 Å². The van der Waals surface area contributed by atoms with E-state index in [9.17, 15) is 19.5 Å². The third-order valence-corrected chi connectivity index (χ3v) is 6.11. The highest BCUT2D eigenvalue weighted by atomic mass is 16.5. The summed E-state index contributed by atoms with van der Waals surface area (Å²) >= 11 is 0. The largest absolute Gasteiger partial charge is 0.456 e. The van der Waals surface area contributed by atoms with E-state index < -0.39 is 18.1 Å². The van der Waals surface area contributed by atoms with Gasteiger partial charge in [-0.2, -0.15) is 0 Å². The van der Waals surface area contributed by atoms with Crippen molar-refractivity contribution in [3.63, 3.8) is 0 Å². The molecule has 0 unspecified atom stereocenters. The summed E-state index contributed by atoms with van der Waals surface area (Å²) in [4.78, 5) is 38.2. The second-order valence-corrected chi connectivity index (χ2v) is 9.23. The normalized spacial score (nSPS) is 13.0. The summed E-state index contributed by atoms with van der Waals surface area (Å²) in [5, 5.41) is 15.4. The number of esters is 1. The lowest BCUT2D eigenvalue weighted by Gasteiger charge is -2.22. The Kier molecular flexibility index (Phi) is 14.2. The van der Waals surface area contributed by atoms with Crippen molar-refractivity contribution in [2.24, 2.45) is 5.92 Å². The van der Waals surface area contributed by atoms with Gasteiger partial charge in [-0.15, -0.1) is 13.2 Å². The molecule has 0 fully saturated rings. The van der Waals surface area contributed by atoms with Crippen LogP contribution in [0.1, 0.15) is 55.8 Å². The molecule has 7 nitrogen and oxygen atoms in total. The van der Waals surface area contributed by atoms with Crippen LogP contribution >= 0.6 is 0 Å². The number of nitrogens with one attached hydrogen (secondary N) is 2. The van der Waals surface area contributed by atoms with Crippen molar-refractivity contribution in [3.8, 4) is 0 Å². The minimum atomic E-state index is -0.644. The molecule has 0 aliphatic heterocycles. The van der Waals surface area contributed by atoms with Crippen LogP contribution in [0.5, 0.6) is 0 Å². The number of aliphatic hydroxyl groups is 1. The second-order valence-electron chi connectivity index (χ2n) is 9.23. The quantitative estimate of drug-likeness (QED) is 0.153. The Hall–Kier alpha value is -3.71. The maximum atomic E-state index is 13.0. The first kappa shape index (κ1) is 30.5. The van der Waals surface area contributed by atoms with Crippen LogP contribution in [0.4, 0.5) is 0 Å². The van der Waals surface area contributed by atoms with Crippen molar-refractivity contribution in [3.05, 3.63) is 97.1 Å². The number of rotatable bonds is 18. The van der Waals surface area contributed by atoms with Gasteiger partial charge in [0.2, 0.25) is 11.8 Å². The summed E-state index contributed by atoms with van der Waals surface area (Å²) < 4.78 is 5.71. The third kappa shape index (κ3) is 11.6. The minimum absolute atomic E-state index is 0.0533. The zero-order valence-electron chi connectivity index (χ0n) is 22.0. The van der Waals surface area contributed by atoms with Crippen molar-refractivity contribution in [1.29, 1.82) is 0 Å². The molecule has 0 spiro atoms. The smallest absolute Gasteiger partial charge is 0.306 e. The molecule has 0 aliphatic carbocycles. The van der Waals surface area contributed by atoms with Crippen LogP contribution in [0.2, 0.25) is 0 Å². The van der Waals surface area contributed by atoms with Crippen molar-refractivity contribution >= 4 is 17.8 Å². The Bertz CT molecular complexity index is 1010. The van der Waals surface area contributed by atoms with E-state index in [0.717, 1.165) is 24.0 Å². The van der Waals surface area contributed by atoms with Crippen molar-refractivity contribution < 1.29 is 24.2 Å². The van der Waals surface area contributed by atoms with Crippen LogP contribution in [0.15, 0.2) is 86.0 Å². The standard InChI is InChI=1S/C31H40N2O5/c1-3-5-6-13-19-30(36)38-28(25-17-11-8-12-18-25)22-32-31(37)26(14-4-2)21-29(35)33-27(23-34)20-24-15-9-7-10-16-24/h3-4,7-12,15-18,26-28,34H,1-2,5-6,13-14,19-23H2,(H,32,37)(H,33,35)/t26-,27+,28+/m1/s1. The average molecular weight is 521 g/mol. The molecule has 2 amide bonds. The van der Waals surface area contributed by atoms with Crippen LogP contribution in [-0.2, 0) is 25.5 Å². The summed E-state index contributed by atoms with van der Waals surface area (Å²) in [5.41, 5.74) is 1.77. The van der Waals surface area contributed by atoms with E-state index in [1.807, 2.05) is 66.7 Å². The SMILES string of the molecule is C=CCCCCC(=O)O[C@@H](CNC(=O)[C@H](CC=C)CC(=O)N[C@H](CO)Cc1ccccc1)c1ccccc1. The van der Waals surface area contributed by atoms with Gasteiger partial charge in [-0.1, -0.05) is 72.8 Å². The summed E-state index contributed by atoms with van der Waals surface area (Å²) in [6, 6.07) is 18.4. The number of carbonyl (C=O) groups excluding carboxylic acids is 3. The predicted octanol–water partition coefficient (Wildman–Crippen LogP) is 4.44. The molecule has 0 bridgehead atoms. The van der Waals surface area contributed by atoms with Gasteiger partial charge in [-0.05, 0) is 43.2 Å². The van der Waals surface area contributed by atoms with Crippen molar-refractivity contribution in [2.45, 2.75) is 57.1 Å². The number of aliphatic hydroxyl groups excluding tert-OH is 1. The first-order valence-corrected chi connectivity index (χ1v) is 13.1. The number of ether oxygens (including phenoxy) is 1. The fourth-order valence-corrected chi connectivity index (χ4v) is 4.06. The number of benzene rings is 2. The van der Waals surface area contributed by atoms with E-state index >= 15 is 0 Å². The monoisotopic (exact) mass is 520 g/mol. The fraction of sp³-hybridized carbons (Fsp3) is 0.387. The third-order valence-electron chi connectivity index (χ3n) is 6.11. The molecule has 0 aromatic heterocycles. The zero-order chi connectivity index (χ0) is 27.6. The maximum absolute atomic E-state index is 13.0. The highest BCUT2D eigenvalue weighted by molar-refractivity contribution is 5.86. The number of allylic oxidation sites excluding steroid dienone is 2. The molecule has 7 heteroatoms. The Balaban J connectivity index is 1.95. The molecule has 204 valence electrons. The molecule has 0 saturated carbocycles. The van der Waals surface area contributed by atoms with Crippen molar-refractivity contribution in [1.82, 2.24) is 10.6 Å². The molecule has 0 heterocycles. The molecule has 3 atom stereocenters. The predicted molar refractivity (Wildman–Crippen MR) is 149 cm³/mol. The lowest BCUT2D eigenvalue weighted by atomic mass is 9.98. The van der Waals surface area contributed by atoms with Crippen molar-refractivity contribution in [2.75, 3.05) is 13.2 Å². The number of carbonyl (C=O) groups is 3. The lowest BCUT2D eigenvalue weighted by molar-refractivity contribution is -0.150. The summed E-state index contributed by atoms with van der Waals surface area (Å²) in [6.07, 6.45) is 6.21. The molecular weight excluding hydrogens is 480 g/mol. The molecule has 0 saturated heterocycles. The Labute approximate surface area is 226 Å². The second kappa shape index (κ2) is 17.7. The first-order chi connectivity index (χ1) is 18.5. The van der Waals surface area contributed by atoms with Crippen LogP contribution in [0.25, 0.3) is 0 Å². The highest BCUT2D eigenvalue weighted by Gasteiger charge is 2.24. The van der Waals surface area contributed by atoms with E-state index in [-0.39, 0.29) is 37.4 Å². The Morgan fingerprint density at radius 1 is 0.947 bits per heavy atom. The highest BCUT2D eigenvalue weighted by Crippen LogP contribution is 2.19. The molecule has 0 aliphatic rings. The van der Waals surface area contributed by atoms with Crippen LogP contribution < -0.4 is 10.6 Å². The lowest BCUT2D eigenvalue weighted by Crippen LogP contribution is -2.42. The Morgan fingerprint density at radius 3 is 2.26 bits per heavy atom. The molecule has 2 aromatic rings. The maximum Gasteiger partial charge on any atom is 0.306 e. The number of hydrogen-bond donors (Lipinski definition) is 3. The average Bonchev–Trinajstić information content (AvgIpc) is 2.93. The number of amides is 2. The van der Waals surface area contributed by atoms with E-state index in [2.05, 4.69) is 23.8 Å². The summed E-state index contributed by atoms with van der Waals surface area (Å²) in [6.45, 7) is 7.28. The molecule has 0 radical (unpaired) electrons. The summed E-state index contributed by atoms with van der Waals surface area (Å²) in [7, 11) is 0. The van der Waals surface area contributed by atoms with E-state index in [0.29, 0.717) is 25.7 Å². The van der Waals surface area contributed by atoms with Gasteiger partial charge >= 0.3 is 5.97 Å². The first-order valence-electron chi connectivity index (χ1n) is 13.1. The topological polar surface area (TPSA) is 105 Å². The molecule has 2 aromatic carbocycles. The Morgan fingerprint density at radius 2 is 1.63 bits per heavy atom. The van der Waals surface area contributed by atoms with Gasteiger partial charge in [-0.3, -0.25) is 14.4 Å². The molecule has 3 N–H and O–H groups in total. The van der Waals surface area contributed by atoms with Gasteiger partial charge in [0, 0.05) is 12.8 Å². The summed E-state index contributed by atoms with van der Waals surface area (Å²) in [5.74, 6) is -1.62. The van der Waals surface area contributed by atoms with Gasteiger partial charge < -0.3 is 20.5 Å². The zero-order valence-corrected chi connectivity index (χ0v) is 22.0.